The Morgan fingerprint density at radius 3 is 2.12 bits per heavy atom. The van der Waals surface area contributed by atoms with Gasteiger partial charge in [-0.05, 0) is 39.2 Å². The monoisotopic (exact) mass is 935 g/mol. The summed E-state index contributed by atoms with van der Waals surface area (Å²) in [6.07, 6.45) is 3.99. The van der Waals surface area contributed by atoms with E-state index in [2.05, 4.69) is 177 Å². The molecule has 5 heteroatoms. The van der Waals surface area contributed by atoms with Gasteiger partial charge in [-0.25, -0.2) is 0 Å². The average Bonchev–Trinajstić information content (AvgIpc) is 3.54. The van der Waals surface area contributed by atoms with Gasteiger partial charge < -0.3 is 4.98 Å². The average molecular weight is 934 g/mol. The van der Waals surface area contributed by atoms with Crippen LogP contribution in [-0.4, -0.2) is 23.2 Å². The van der Waals surface area contributed by atoms with Crippen molar-refractivity contribution in [2.45, 2.75) is 56.8 Å². The molecule has 0 unspecified atom stereocenters. The van der Waals surface area contributed by atoms with Gasteiger partial charge in [-0.1, -0.05) is 104 Å². The number of nitrogens with zero attached hydrogens (tertiary/aromatic N) is 2. The summed E-state index contributed by atoms with van der Waals surface area (Å²) >= 11 is 0.111. The Morgan fingerprint density at radius 1 is 0.654 bits per heavy atom. The molecule has 5 aromatic carbocycles. The molecule has 0 saturated carbocycles. The van der Waals surface area contributed by atoms with Crippen LogP contribution in [0.2, 0.25) is 17.3 Å². The van der Waals surface area contributed by atoms with Gasteiger partial charge in [0.05, 0.1) is 0 Å². The number of pyridine rings is 2. The molecule has 0 bridgehead atoms. The Labute approximate surface area is 329 Å². The molecule has 52 heavy (non-hydrogen) atoms. The molecule has 8 aromatic rings. The second-order valence-electron chi connectivity index (χ2n) is 14.9. The summed E-state index contributed by atoms with van der Waals surface area (Å²) in [4.78, 5) is 9.43. The van der Waals surface area contributed by atoms with Gasteiger partial charge in [-0.15, -0.1) is 17.7 Å². The van der Waals surface area contributed by atoms with Crippen molar-refractivity contribution in [3.63, 3.8) is 0 Å². The molecule has 1 radical (unpaired) electrons. The first-order valence-electron chi connectivity index (χ1n) is 17.9. The molecular formula is C47H44GeIrN2S-2. The maximum absolute atomic E-state index is 4.75. The van der Waals surface area contributed by atoms with Gasteiger partial charge in [-0.3, -0.25) is 0 Å². The number of thiophene rings is 1. The normalized spacial score (nSPS) is 11.6. The first-order valence-corrected chi connectivity index (χ1v) is 26.0. The summed E-state index contributed by atoms with van der Waals surface area (Å²) < 4.78 is 4.09. The second-order valence-corrected chi connectivity index (χ2v) is 26.6. The second kappa shape index (κ2) is 16.0. The van der Waals surface area contributed by atoms with Gasteiger partial charge in [0.2, 0.25) is 0 Å². The molecule has 0 fully saturated rings. The van der Waals surface area contributed by atoms with Crippen LogP contribution in [0.3, 0.4) is 0 Å². The van der Waals surface area contributed by atoms with Crippen LogP contribution < -0.4 is 4.40 Å². The molecule has 0 amide bonds. The van der Waals surface area contributed by atoms with Gasteiger partial charge in [0.1, 0.15) is 0 Å². The van der Waals surface area contributed by atoms with Gasteiger partial charge in [0, 0.05) is 31.0 Å². The number of benzene rings is 5. The first-order chi connectivity index (χ1) is 24.6. The van der Waals surface area contributed by atoms with Crippen LogP contribution in [0.15, 0.2) is 128 Å². The largest absolute Gasteiger partial charge is 0 e. The van der Waals surface area contributed by atoms with E-state index >= 15 is 0 Å². The Bertz CT molecular complexity index is 2450. The molecule has 2 nitrogen and oxygen atoms in total. The van der Waals surface area contributed by atoms with Crippen LogP contribution in [0.1, 0.15) is 50.7 Å². The predicted octanol–water partition coefficient (Wildman–Crippen LogP) is 13.1. The fourth-order valence-electron chi connectivity index (χ4n) is 6.66. The van der Waals surface area contributed by atoms with Crippen molar-refractivity contribution in [1.29, 1.82) is 0 Å². The summed E-state index contributed by atoms with van der Waals surface area (Å²) in [5, 5.41) is 5.10. The van der Waals surface area contributed by atoms with Crippen molar-refractivity contribution in [1.82, 2.24) is 9.97 Å². The van der Waals surface area contributed by atoms with E-state index in [9.17, 15) is 0 Å². The van der Waals surface area contributed by atoms with Crippen molar-refractivity contribution in [3.05, 3.63) is 151 Å². The molecule has 263 valence electrons. The van der Waals surface area contributed by atoms with Crippen molar-refractivity contribution in [2.75, 3.05) is 0 Å². The Hall–Kier alpha value is -3.93. The van der Waals surface area contributed by atoms with E-state index < -0.39 is 13.3 Å². The topological polar surface area (TPSA) is 25.8 Å². The maximum atomic E-state index is 4.75. The van der Waals surface area contributed by atoms with Crippen LogP contribution in [0.25, 0.3) is 64.6 Å². The molecule has 0 aliphatic heterocycles. The number of hydrogen-bond acceptors (Lipinski definition) is 3. The van der Waals surface area contributed by atoms with E-state index in [0.717, 1.165) is 22.5 Å². The minimum absolute atomic E-state index is 0. The Morgan fingerprint density at radius 2 is 1.40 bits per heavy atom. The van der Waals surface area contributed by atoms with Crippen LogP contribution >= 0.6 is 11.3 Å². The third kappa shape index (κ3) is 7.73. The van der Waals surface area contributed by atoms with Gasteiger partial charge >= 0.3 is 123 Å². The van der Waals surface area contributed by atoms with Crippen LogP contribution in [0, 0.1) is 12.1 Å². The number of hydrogen-bond donors (Lipinski definition) is 0. The molecule has 0 N–H and O–H groups in total. The van der Waals surface area contributed by atoms with E-state index in [1.54, 1.807) is 0 Å². The minimum Gasteiger partial charge on any atom is 0 e. The summed E-state index contributed by atoms with van der Waals surface area (Å²) in [6, 6.07) is 47.7. The quantitative estimate of drug-likeness (QED) is 0.123. The molecule has 0 aliphatic rings. The van der Waals surface area contributed by atoms with Gasteiger partial charge in [0.15, 0.2) is 0 Å². The van der Waals surface area contributed by atoms with E-state index in [1.807, 2.05) is 23.6 Å². The number of fused-ring (bicyclic) bond motifs is 4. The van der Waals surface area contributed by atoms with Crippen LogP contribution in [0.5, 0.6) is 0 Å². The van der Waals surface area contributed by atoms with Crippen molar-refractivity contribution in [3.8, 4) is 33.6 Å². The third-order valence-electron chi connectivity index (χ3n) is 9.62. The molecule has 3 heterocycles. The molecule has 0 spiro atoms. The smallest absolute Gasteiger partial charge is 0 e. The zero-order chi connectivity index (χ0) is 35.7. The van der Waals surface area contributed by atoms with E-state index in [0.29, 0.717) is 11.8 Å². The standard InChI is InChI=1S/C29H26NS.C18H18GeN.Ir/c1-18(2)21-15-16-30-26(17-21)24-14-13-23(20-9-6-5-7-10-20)27-25-12-8-11-22(19(3)4)28(25)31-29(24)27;1-19(2,3)15-11-12-18(20-13-15)17-10-6-8-14-7-4-5-9-16(14)17;/h5-13,15-19H,1-4H3;4-9,11-13H,1-3H3;/q2*-1;. The summed E-state index contributed by atoms with van der Waals surface area (Å²) in [5.41, 5.74) is 9.41. The Kier molecular flexibility index (Phi) is 11.6. The zero-order valence-corrected chi connectivity index (χ0v) is 36.2. The van der Waals surface area contributed by atoms with Gasteiger partial charge in [-0.2, -0.15) is 11.3 Å². The molecular weight excluding hydrogens is 889 g/mol. The molecule has 0 atom stereocenters. The fourth-order valence-corrected chi connectivity index (χ4v) is 10.3. The summed E-state index contributed by atoms with van der Waals surface area (Å²) in [6.45, 7) is 9.01. The first kappa shape index (κ1) is 37.8. The number of rotatable bonds is 6. The number of aromatic nitrogens is 2. The Balaban J connectivity index is 0.000000192. The fraction of sp³-hybridized carbons (Fsp3) is 0.191. The summed E-state index contributed by atoms with van der Waals surface area (Å²) in [5.74, 6) is 8.12. The van der Waals surface area contributed by atoms with E-state index in [4.69, 9.17) is 4.98 Å². The van der Waals surface area contributed by atoms with Crippen molar-refractivity contribution in [2.24, 2.45) is 0 Å². The molecule has 0 aliphatic carbocycles. The van der Waals surface area contributed by atoms with Crippen LogP contribution in [-0.2, 0) is 20.1 Å². The van der Waals surface area contributed by atoms with Crippen molar-refractivity contribution < 1.29 is 20.1 Å². The zero-order valence-electron chi connectivity index (χ0n) is 30.9. The maximum Gasteiger partial charge on any atom is 0 e. The van der Waals surface area contributed by atoms with E-state index in [1.165, 1.54) is 57.6 Å². The third-order valence-corrected chi connectivity index (χ3v) is 15.1. The molecule has 0 saturated heterocycles. The van der Waals surface area contributed by atoms with Crippen LogP contribution in [0.4, 0.5) is 0 Å². The SMILES string of the molecule is CC(C)c1ccnc(-c2[c-]cc(-c3ccccc3)c3c2sc2c(C(C)C)cccc23)c1.[CH3][Ge]([CH3])([CH3])[c]1ccc(-c2[c-]ccc3ccccc23)nc1.[Ir]. The molecule has 8 rings (SSSR count). The molecule has 3 aromatic heterocycles. The van der Waals surface area contributed by atoms with E-state index in [-0.39, 0.29) is 20.1 Å². The van der Waals surface area contributed by atoms with Crippen molar-refractivity contribution >= 4 is 59.9 Å². The minimum atomic E-state index is -1.78. The predicted molar refractivity (Wildman–Crippen MR) is 224 cm³/mol. The summed E-state index contributed by atoms with van der Waals surface area (Å²) in [7, 11) is 0. The van der Waals surface area contributed by atoms with Gasteiger partial charge in [0.25, 0.3) is 0 Å².